The van der Waals surface area contributed by atoms with Crippen molar-refractivity contribution in [3.05, 3.63) is 88.2 Å². The summed E-state index contributed by atoms with van der Waals surface area (Å²) in [6.07, 6.45) is -4.12. The molecule has 4 aromatic rings. The molecule has 3 aromatic carbocycles. The Labute approximate surface area is 214 Å². The molecule has 8 nitrogen and oxygen atoms in total. The first-order valence-electron chi connectivity index (χ1n) is 11.3. The molecule has 0 saturated carbocycles. The molecule has 0 fully saturated rings. The number of rotatable bonds is 7. The fraction of sp³-hybridized carbons (Fsp3) is 0.185. The Hall–Kier alpha value is -4.67. The van der Waals surface area contributed by atoms with Gasteiger partial charge in [0.15, 0.2) is 23.4 Å². The number of esters is 1. The summed E-state index contributed by atoms with van der Waals surface area (Å²) < 4.78 is 56.6. The van der Waals surface area contributed by atoms with Gasteiger partial charge in [-0.15, -0.1) is 0 Å². The summed E-state index contributed by atoms with van der Waals surface area (Å²) in [5.74, 6) is -0.0682. The molecule has 0 spiro atoms. The van der Waals surface area contributed by atoms with Crippen LogP contribution in [0.5, 0.6) is 11.5 Å². The third-order valence-electron chi connectivity index (χ3n) is 5.55. The van der Waals surface area contributed by atoms with Crippen LogP contribution in [0.25, 0.3) is 22.3 Å². The van der Waals surface area contributed by atoms with Crippen LogP contribution in [0.4, 0.5) is 13.2 Å². The Morgan fingerprint density at radius 3 is 2.50 bits per heavy atom. The topological polar surface area (TPSA) is 92.0 Å². The number of nitrogens with zero attached hydrogens (tertiary/aromatic N) is 3. The summed E-state index contributed by atoms with van der Waals surface area (Å²) in [6, 6.07) is 15.7. The lowest BCUT2D eigenvalue weighted by Crippen LogP contribution is -2.25. The molecule has 1 aromatic heterocycles. The molecule has 0 radical (unpaired) electrons. The van der Waals surface area contributed by atoms with Gasteiger partial charge in [0.2, 0.25) is 0 Å². The normalized spacial score (nSPS) is 12.5. The number of para-hydroxylation sites is 1. The molecule has 4 rings (SSSR count). The van der Waals surface area contributed by atoms with Crippen molar-refractivity contribution >= 4 is 23.1 Å². The summed E-state index contributed by atoms with van der Waals surface area (Å²) in [4.78, 5) is 29.4. The summed E-state index contributed by atoms with van der Waals surface area (Å²) >= 11 is 0. The van der Waals surface area contributed by atoms with Gasteiger partial charge in [-0.1, -0.05) is 24.3 Å². The van der Waals surface area contributed by atoms with E-state index in [1.165, 1.54) is 39.5 Å². The average Bonchev–Trinajstić information content (AvgIpc) is 2.92. The fourth-order valence-electron chi connectivity index (χ4n) is 3.64. The van der Waals surface area contributed by atoms with Crippen molar-refractivity contribution in [1.29, 1.82) is 0 Å². The van der Waals surface area contributed by atoms with Gasteiger partial charge in [-0.25, -0.2) is 9.78 Å². The van der Waals surface area contributed by atoms with E-state index in [1.807, 2.05) is 0 Å². The maximum atomic E-state index is 13.4. The summed E-state index contributed by atoms with van der Waals surface area (Å²) in [5, 5.41) is 4.52. The second-order valence-electron chi connectivity index (χ2n) is 8.09. The zero-order chi connectivity index (χ0) is 27.4. The monoisotopic (exact) mass is 525 g/mol. The van der Waals surface area contributed by atoms with E-state index < -0.39 is 29.4 Å². The fourth-order valence-corrected chi connectivity index (χ4v) is 3.64. The first-order valence-corrected chi connectivity index (χ1v) is 11.3. The number of benzene rings is 3. The van der Waals surface area contributed by atoms with Gasteiger partial charge in [0, 0.05) is 5.56 Å². The van der Waals surface area contributed by atoms with E-state index in [4.69, 9.17) is 9.47 Å². The highest BCUT2D eigenvalue weighted by molar-refractivity contribution is 5.83. The van der Waals surface area contributed by atoms with Crippen LogP contribution in [0, 0.1) is 0 Å². The zero-order valence-corrected chi connectivity index (χ0v) is 20.5. The molecule has 0 amide bonds. The predicted octanol–water partition coefficient (Wildman–Crippen LogP) is 4.91. The number of fused-ring (bicyclic) bond motifs is 1. The Morgan fingerprint density at radius 2 is 1.79 bits per heavy atom. The predicted molar refractivity (Wildman–Crippen MR) is 135 cm³/mol. The largest absolute Gasteiger partial charge is 0.493 e. The molecule has 0 aliphatic rings. The highest BCUT2D eigenvalue weighted by Gasteiger charge is 2.31. The summed E-state index contributed by atoms with van der Waals surface area (Å²) in [6.45, 7) is 1.52. The Morgan fingerprint density at radius 1 is 1.03 bits per heavy atom. The van der Waals surface area contributed by atoms with Gasteiger partial charge in [-0.2, -0.15) is 22.9 Å². The molecular formula is C27H22F3N3O5. The van der Waals surface area contributed by atoms with Crippen LogP contribution in [-0.2, 0) is 15.7 Å². The molecule has 196 valence electrons. The van der Waals surface area contributed by atoms with Gasteiger partial charge in [-0.05, 0) is 55.0 Å². The van der Waals surface area contributed by atoms with Gasteiger partial charge in [-0.3, -0.25) is 4.79 Å². The maximum absolute atomic E-state index is 13.4. The molecule has 1 atom stereocenters. The molecule has 11 heteroatoms. The van der Waals surface area contributed by atoms with Gasteiger partial charge < -0.3 is 14.2 Å². The van der Waals surface area contributed by atoms with Crippen molar-refractivity contribution in [2.24, 2.45) is 5.10 Å². The quantitative estimate of drug-likeness (QED) is 0.252. The molecule has 0 saturated heterocycles. The first-order chi connectivity index (χ1) is 18.1. The van der Waals surface area contributed by atoms with Crippen molar-refractivity contribution in [3.8, 4) is 22.9 Å². The number of aromatic nitrogens is 2. The third kappa shape index (κ3) is 5.51. The van der Waals surface area contributed by atoms with E-state index in [0.717, 1.165) is 16.8 Å². The van der Waals surface area contributed by atoms with Crippen molar-refractivity contribution in [2.45, 2.75) is 19.2 Å². The van der Waals surface area contributed by atoms with Gasteiger partial charge in [0.25, 0.3) is 5.56 Å². The van der Waals surface area contributed by atoms with Crippen molar-refractivity contribution in [1.82, 2.24) is 9.66 Å². The number of carbonyl (C=O) groups excluding carboxylic acids is 1. The van der Waals surface area contributed by atoms with E-state index in [-0.39, 0.29) is 28.3 Å². The average molecular weight is 525 g/mol. The minimum Gasteiger partial charge on any atom is -0.493 e. The van der Waals surface area contributed by atoms with Crippen molar-refractivity contribution in [2.75, 3.05) is 14.2 Å². The molecule has 1 heterocycles. The minimum absolute atomic E-state index is 0.0603. The van der Waals surface area contributed by atoms with Gasteiger partial charge in [0.1, 0.15) is 0 Å². The molecule has 0 aliphatic heterocycles. The lowest BCUT2D eigenvalue weighted by atomic mass is 10.1. The smallest absolute Gasteiger partial charge is 0.416 e. The molecule has 0 bridgehead atoms. The van der Waals surface area contributed by atoms with Gasteiger partial charge in [0.05, 0.1) is 36.9 Å². The molecular weight excluding hydrogens is 503 g/mol. The van der Waals surface area contributed by atoms with Crippen LogP contribution < -0.4 is 15.0 Å². The standard InChI is InChI=1S/C27H22F3N3O5/c1-16(26(35)37-3)38-22-12-11-17(13-23(22)36-2)15-31-33-24(18-7-6-8-19(14-18)27(28,29)30)32-21-10-5-4-9-20(21)25(33)34/h4-16H,1-3H3/t16-/m0/s1. The van der Waals surface area contributed by atoms with E-state index >= 15 is 0 Å². The Balaban J connectivity index is 1.79. The lowest BCUT2D eigenvalue weighted by Gasteiger charge is -2.15. The first kappa shape index (κ1) is 26.4. The van der Waals surface area contributed by atoms with E-state index in [0.29, 0.717) is 11.1 Å². The van der Waals surface area contributed by atoms with Gasteiger partial charge >= 0.3 is 12.1 Å². The van der Waals surface area contributed by atoms with Crippen LogP contribution in [-0.4, -0.2) is 42.2 Å². The van der Waals surface area contributed by atoms with Crippen molar-refractivity contribution in [3.63, 3.8) is 0 Å². The van der Waals surface area contributed by atoms with Crippen LogP contribution >= 0.6 is 0 Å². The van der Waals surface area contributed by atoms with E-state index in [2.05, 4.69) is 14.8 Å². The minimum atomic E-state index is -4.58. The highest BCUT2D eigenvalue weighted by Crippen LogP contribution is 2.32. The molecule has 38 heavy (non-hydrogen) atoms. The number of carbonyl (C=O) groups is 1. The molecule has 0 N–H and O–H groups in total. The molecule has 0 aliphatic carbocycles. The van der Waals surface area contributed by atoms with E-state index in [1.54, 1.807) is 42.5 Å². The zero-order valence-electron chi connectivity index (χ0n) is 20.5. The highest BCUT2D eigenvalue weighted by atomic mass is 19.4. The second kappa shape index (κ2) is 10.8. The Kier molecular flexibility index (Phi) is 7.47. The number of methoxy groups -OCH3 is 2. The molecule has 0 unspecified atom stereocenters. The van der Waals surface area contributed by atoms with Crippen LogP contribution in [0.2, 0.25) is 0 Å². The van der Waals surface area contributed by atoms with E-state index in [9.17, 15) is 22.8 Å². The second-order valence-corrected chi connectivity index (χ2v) is 8.09. The SMILES string of the molecule is COC(=O)[C@H](C)Oc1ccc(C=Nn2c(-c3cccc(C(F)(F)F)c3)nc3ccccc3c2=O)cc1OC. The number of halogens is 3. The van der Waals surface area contributed by atoms with Crippen LogP contribution in [0.15, 0.2) is 76.6 Å². The summed E-state index contributed by atoms with van der Waals surface area (Å²) in [7, 11) is 2.66. The lowest BCUT2D eigenvalue weighted by molar-refractivity contribution is -0.148. The Bertz CT molecular complexity index is 1580. The van der Waals surface area contributed by atoms with Crippen LogP contribution in [0.3, 0.4) is 0 Å². The number of ether oxygens (including phenoxy) is 3. The number of hydrogen-bond acceptors (Lipinski definition) is 7. The summed E-state index contributed by atoms with van der Waals surface area (Å²) in [5.41, 5.74) is -0.570. The maximum Gasteiger partial charge on any atom is 0.416 e. The van der Waals surface area contributed by atoms with Crippen LogP contribution in [0.1, 0.15) is 18.1 Å². The number of hydrogen-bond donors (Lipinski definition) is 0. The third-order valence-corrected chi connectivity index (χ3v) is 5.55. The number of alkyl halides is 3. The van der Waals surface area contributed by atoms with Crippen molar-refractivity contribution < 1.29 is 32.2 Å².